The molecule has 10 nitrogen and oxygen atoms in total. The number of ether oxygens (including phenoxy) is 4. The quantitative estimate of drug-likeness (QED) is 0.403. The third-order valence-corrected chi connectivity index (χ3v) is 3.99. The summed E-state index contributed by atoms with van der Waals surface area (Å²) < 4.78 is 20.6. The predicted molar refractivity (Wildman–Crippen MR) is 98.6 cm³/mol. The average Bonchev–Trinajstić information content (AvgIpc) is 3.18. The minimum Gasteiger partial charge on any atom is -0.475 e. The number of nitro benzene ring substituents is 1. The molecule has 0 saturated heterocycles. The van der Waals surface area contributed by atoms with Gasteiger partial charge in [-0.3, -0.25) is 14.9 Å². The maximum absolute atomic E-state index is 12.1. The molecule has 1 heterocycles. The fourth-order valence-corrected chi connectivity index (χ4v) is 2.54. The lowest BCUT2D eigenvalue weighted by Crippen LogP contribution is -2.36. The van der Waals surface area contributed by atoms with Gasteiger partial charge in [-0.25, -0.2) is 4.79 Å². The van der Waals surface area contributed by atoms with Gasteiger partial charge in [-0.05, 0) is 30.7 Å². The second kappa shape index (κ2) is 8.91. The second-order valence-electron chi connectivity index (χ2n) is 6.05. The molecule has 1 amide bonds. The van der Waals surface area contributed by atoms with Crippen molar-refractivity contribution < 1.29 is 33.5 Å². The van der Waals surface area contributed by atoms with E-state index in [0.29, 0.717) is 11.5 Å². The lowest BCUT2D eigenvalue weighted by Gasteiger charge is -2.14. The van der Waals surface area contributed by atoms with Crippen LogP contribution in [0.4, 0.5) is 5.69 Å². The van der Waals surface area contributed by atoms with E-state index >= 15 is 0 Å². The summed E-state index contributed by atoms with van der Waals surface area (Å²) in [6.07, 6.45) is -1.06. The number of rotatable bonds is 8. The van der Waals surface area contributed by atoms with Crippen LogP contribution in [-0.4, -0.2) is 36.3 Å². The van der Waals surface area contributed by atoms with Crippen LogP contribution in [-0.2, 0) is 20.9 Å². The van der Waals surface area contributed by atoms with E-state index in [1.54, 1.807) is 24.3 Å². The van der Waals surface area contributed by atoms with Gasteiger partial charge in [0.25, 0.3) is 5.91 Å². The van der Waals surface area contributed by atoms with Crippen LogP contribution in [0.5, 0.6) is 17.2 Å². The van der Waals surface area contributed by atoms with Crippen LogP contribution in [0.3, 0.4) is 0 Å². The maximum Gasteiger partial charge on any atom is 0.344 e. The number of hydrogen-bond acceptors (Lipinski definition) is 8. The van der Waals surface area contributed by atoms with Crippen molar-refractivity contribution in [1.29, 1.82) is 0 Å². The number of hydrogen-bond donors (Lipinski definition) is 1. The Balaban J connectivity index is 1.45. The summed E-state index contributed by atoms with van der Waals surface area (Å²) in [7, 11) is 0. The molecule has 10 heteroatoms. The van der Waals surface area contributed by atoms with Crippen molar-refractivity contribution in [3.05, 3.63) is 58.1 Å². The topological polar surface area (TPSA) is 126 Å². The third kappa shape index (κ3) is 5.12. The van der Waals surface area contributed by atoms with Crippen molar-refractivity contribution in [2.75, 3.05) is 13.4 Å². The molecule has 0 spiro atoms. The van der Waals surface area contributed by atoms with E-state index in [1.165, 1.54) is 25.1 Å². The highest BCUT2D eigenvalue weighted by Gasteiger charge is 2.20. The first-order valence-electron chi connectivity index (χ1n) is 8.66. The van der Waals surface area contributed by atoms with Gasteiger partial charge < -0.3 is 24.3 Å². The summed E-state index contributed by atoms with van der Waals surface area (Å²) >= 11 is 0. The molecule has 0 unspecified atom stereocenters. The molecule has 1 aliphatic heterocycles. The van der Waals surface area contributed by atoms with Gasteiger partial charge >= 0.3 is 11.7 Å². The fourth-order valence-electron chi connectivity index (χ4n) is 2.54. The van der Waals surface area contributed by atoms with Gasteiger partial charge in [0.1, 0.15) is 0 Å². The minimum absolute atomic E-state index is 0.0608. The van der Waals surface area contributed by atoms with Gasteiger partial charge in [-0.15, -0.1) is 0 Å². The molecule has 0 aliphatic carbocycles. The molecule has 0 fully saturated rings. The predicted octanol–water partition coefficient (Wildman–Crippen LogP) is 1.95. The number of benzene rings is 2. The Hall–Kier alpha value is -3.82. The molecule has 29 heavy (non-hydrogen) atoms. The Morgan fingerprint density at radius 3 is 2.76 bits per heavy atom. The van der Waals surface area contributed by atoms with Crippen molar-refractivity contribution in [3.63, 3.8) is 0 Å². The van der Waals surface area contributed by atoms with Gasteiger partial charge in [-0.2, -0.15) is 0 Å². The van der Waals surface area contributed by atoms with Crippen molar-refractivity contribution in [3.8, 4) is 17.2 Å². The summed E-state index contributed by atoms with van der Waals surface area (Å²) in [6.45, 7) is 1.22. The lowest BCUT2D eigenvalue weighted by atomic mass is 10.2. The first-order valence-corrected chi connectivity index (χ1v) is 8.66. The molecular formula is C19H18N2O8. The van der Waals surface area contributed by atoms with Crippen LogP contribution in [0, 0.1) is 10.1 Å². The highest BCUT2D eigenvalue weighted by Crippen LogP contribution is 2.32. The summed E-state index contributed by atoms with van der Waals surface area (Å²) in [6, 6.07) is 10.9. The maximum atomic E-state index is 12.1. The van der Waals surface area contributed by atoms with Crippen LogP contribution in [0.25, 0.3) is 0 Å². The second-order valence-corrected chi connectivity index (χ2v) is 6.05. The highest BCUT2D eigenvalue weighted by atomic mass is 16.7. The van der Waals surface area contributed by atoms with Crippen LogP contribution in [0.2, 0.25) is 0 Å². The number of nitrogens with zero attached hydrogens (tertiary/aromatic N) is 1. The van der Waals surface area contributed by atoms with Crippen LogP contribution < -0.4 is 19.5 Å². The zero-order valence-corrected chi connectivity index (χ0v) is 15.5. The number of nitro groups is 1. The monoisotopic (exact) mass is 402 g/mol. The first-order chi connectivity index (χ1) is 13.9. The Labute approximate surface area is 165 Å². The van der Waals surface area contributed by atoms with E-state index in [0.717, 1.165) is 5.56 Å². The minimum atomic E-state index is -1.06. The number of amides is 1. The van der Waals surface area contributed by atoms with Crippen LogP contribution in [0.1, 0.15) is 12.5 Å². The molecule has 1 atom stereocenters. The zero-order valence-electron chi connectivity index (χ0n) is 15.5. The van der Waals surface area contributed by atoms with Gasteiger partial charge in [0, 0.05) is 12.6 Å². The normalized spacial score (nSPS) is 12.7. The van der Waals surface area contributed by atoms with Crippen LogP contribution in [0.15, 0.2) is 42.5 Å². The molecule has 0 aromatic heterocycles. The number of esters is 1. The smallest absolute Gasteiger partial charge is 0.344 e. The summed E-state index contributed by atoms with van der Waals surface area (Å²) in [4.78, 5) is 34.3. The van der Waals surface area contributed by atoms with Crippen LogP contribution >= 0.6 is 0 Å². The van der Waals surface area contributed by atoms with Crippen molar-refractivity contribution in [2.24, 2.45) is 0 Å². The molecule has 2 aromatic rings. The number of carbonyl (C=O) groups excluding carboxylic acids is 2. The van der Waals surface area contributed by atoms with Crippen molar-refractivity contribution in [2.45, 2.75) is 19.6 Å². The Bertz CT molecular complexity index is 930. The average molecular weight is 402 g/mol. The third-order valence-electron chi connectivity index (χ3n) is 3.99. The molecule has 0 bridgehead atoms. The lowest BCUT2D eigenvalue weighted by molar-refractivity contribution is -0.385. The van der Waals surface area contributed by atoms with Crippen molar-refractivity contribution >= 4 is 17.6 Å². The SMILES string of the molecule is C[C@H](OC(=O)COc1ccccc1[N+](=O)[O-])C(=O)NCc1ccc2c(c1)OCO2. The summed E-state index contributed by atoms with van der Waals surface area (Å²) in [5.74, 6) is -0.144. The molecule has 152 valence electrons. The van der Waals surface area contributed by atoms with Gasteiger partial charge in [0.05, 0.1) is 4.92 Å². The van der Waals surface area contributed by atoms with E-state index < -0.39 is 29.5 Å². The number of fused-ring (bicyclic) bond motifs is 1. The number of para-hydroxylation sites is 2. The zero-order chi connectivity index (χ0) is 20.8. The molecule has 0 saturated carbocycles. The van der Waals surface area contributed by atoms with E-state index in [2.05, 4.69) is 5.32 Å². The Morgan fingerprint density at radius 1 is 1.21 bits per heavy atom. The largest absolute Gasteiger partial charge is 0.475 e. The van der Waals surface area contributed by atoms with E-state index in [-0.39, 0.29) is 24.8 Å². The summed E-state index contributed by atoms with van der Waals surface area (Å²) in [5.41, 5.74) is 0.524. The Kier molecular flexibility index (Phi) is 6.12. The van der Waals surface area contributed by atoms with Gasteiger partial charge in [0.15, 0.2) is 30.0 Å². The van der Waals surface area contributed by atoms with Gasteiger partial charge in [0.2, 0.25) is 6.79 Å². The summed E-state index contributed by atoms with van der Waals surface area (Å²) in [5, 5.41) is 13.6. The number of nitrogens with one attached hydrogen (secondary N) is 1. The highest BCUT2D eigenvalue weighted by molar-refractivity contribution is 5.83. The molecular weight excluding hydrogens is 384 g/mol. The van der Waals surface area contributed by atoms with E-state index in [9.17, 15) is 19.7 Å². The molecule has 1 N–H and O–H groups in total. The van der Waals surface area contributed by atoms with E-state index in [1.807, 2.05) is 0 Å². The first kappa shape index (κ1) is 19.9. The molecule has 3 rings (SSSR count). The molecule has 1 aliphatic rings. The standard InChI is InChI=1S/C19H18N2O8/c1-12(19(23)20-9-13-6-7-16-17(8-13)28-11-27-16)29-18(22)10-26-15-5-3-2-4-14(15)21(24)25/h2-8,12H,9-11H2,1H3,(H,20,23)/t12-/m0/s1. The molecule has 0 radical (unpaired) electrons. The van der Waals surface area contributed by atoms with E-state index in [4.69, 9.17) is 18.9 Å². The van der Waals surface area contributed by atoms with Gasteiger partial charge in [-0.1, -0.05) is 18.2 Å². The molecule has 2 aromatic carbocycles. The fraction of sp³-hybridized carbons (Fsp3) is 0.263. The van der Waals surface area contributed by atoms with Crippen molar-refractivity contribution in [1.82, 2.24) is 5.32 Å². The Morgan fingerprint density at radius 2 is 1.97 bits per heavy atom. The number of carbonyl (C=O) groups is 2.